The average Bonchev–Trinajstić information content (AvgIpc) is 2.22. The van der Waals surface area contributed by atoms with E-state index >= 15 is 0 Å². The third-order valence-corrected chi connectivity index (χ3v) is 2.11. The molecule has 0 saturated heterocycles. The van der Waals surface area contributed by atoms with Crippen molar-refractivity contribution in [1.29, 1.82) is 0 Å². The molecule has 0 aliphatic rings. The van der Waals surface area contributed by atoms with Crippen molar-refractivity contribution in [3.63, 3.8) is 0 Å². The Kier molecular flexibility index (Phi) is 4.20. The van der Waals surface area contributed by atoms with Crippen LogP contribution >= 0.6 is 0 Å². The van der Waals surface area contributed by atoms with Crippen molar-refractivity contribution < 1.29 is 9.84 Å². The molecule has 1 rings (SSSR count). The predicted octanol–water partition coefficient (Wildman–Crippen LogP) is 2.17. The zero-order valence-corrected chi connectivity index (χ0v) is 8.44. The minimum absolute atomic E-state index is 0.00889. The summed E-state index contributed by atoms with van der Waals surface area (Å²) in [4.78, 5) is 0. The first-order valence-corrected chi connectivity index (χ1v) is 4.69. The Morgan fingerprint density at radius 3 is 2.79 bits per heavy atom. The van der Waals surface area contributed by atoms with E-state index in [1.807, 2.05) is 31.2 Å². The van der Waals surface area contributed by atoms with Crippen LogP contribution in [0, 0.1) is 12.8 Å². The smallest absolute Gasteiger partial charge is 0.122 e. The number of aliphatic hydroxyl groups is 1. The van der Waals surface area contributed by atoms with Gasteiger partial charge in [0.15, 0.2) is 0 Å². The standard InChI is InChI=1S/C12H16O2/c1-3-11(8-13)9-14-12-7-5-4-6-10(12)2/h3-7,11,13H,1,8-9H2,2H3. The molecule has 0 aliphatic heterocycles. The van der Waals surface area contributed by atoms with Crippen LogP contribution in [0.15, 0.2) is 36.9 Å². The minimum Gasteiger partial charge on any atom is -0.493 e. The van der Waals surface area contributed by atoms with Crippen LogP contribution in [0.3, 0.4) is 0 Å². The zero-order valence-electron chi connectivity index (χ0n) is 8.44. The fourth-order valence-corrected chi connectivity index (χ4v) is 1.11. The summed E-state index contributed by atoms with van der Waals surface area (Å²) in [5.74, 6) is 0.877. The monoisotopic (exact) mass is 192 g/mol. The number of aryl methyl sites for hydroxylation is 1. The van der Waals surface area contributed by atoms with Crippen LogP contribution in [0.4, 0.5) is 0 Å². The molecular weight excluding hydrogens is 176 g/mol. The lowest BCUT2D eigenvalue weighted by molar-refractivity contribution is 0.190. The summed E-state index contributed by atoms with van der Waals surface area (Å²) in [7, 11) is 0. The maximum absolute atomic E-state index is 8.92. The highest BCUT2D eigenvalue weighted by molar-refractivity contribution is 5.31. The maximum Gasteiger partial charge on any atom is 0.122 e. The van der Waals surface area contributed by atoms with E-state index in [0.717, 1.165) is 11.3 Å². The van der Waals surface area contributed by atoms with Gasteiger partial charge in [-0.3, -0.25) is 0 Å². The van der Waals surface area contributed by atoms with Gasteiger partial charge in [-0.25, -0.2) is 0 Å². The molecule has 1 aromatic carbocycles. The second-order valence-electron chi connectivity index (χ2n) is 3.25. The Hall–Kier alpha value is -1.28. The molecule has 1 aromatic rings. The highest BCUT2D eigenvalue weighted by Crippen LogP contribution is 2.16. The average molecular weight is 192 g/mol. The van der Waals surface area contributed by atoms with Crippen LogP contribution in [0.1, 0.15) is 5.56 Å². The van der Waals surface area contributed by atoms with Crippen LogP contribution < -0.4 is 4.74 Å². The summed E-state index contributed by atoms with van der Waals surface area (Å²) in [6, 6.07) is 7.83. The molecule has 0 saturated carbocycles. The van der Waals surface area contributed by atoms with E-state index < -0.39 is 0 Å². The van der Waals surface area contributed by atoms with E-state index in [4.69, 9.17) is 9.84 Å². The largest absolute Gasteiger partial charge is 0.493 e. The molecule has 0 heterocycles. The van der Waals surface area contributed by atoms with Crippen molar-refractivity contribution in [3.8, 4) is 5.75 Å². The number of para-hydroxylation sites is 1. The molecule has 0 fully saturated rings. The van der Waals surface area contributed by atoms with Crippen LogP contribution in [-0.4, -0.2) is 18.3 Å². The van der Waals surface area contributed by atoms with Crippen molar-refractivity contribution >= 4 is 0 Å². The summed E-state index contributed by atoms with van der Waals surface area (Å²) < 4.78 is 5.55. The van der Waals surface area contributed by atoms with Crippen LogP contribution in [0.5, 0.6) is 5.75 Å². The van der Waals surface area contributed by atoms with Gasteiger partial charge in [-0.1, -0.05) is 24.3 Å². The van der Waals surface area contributed by atoms with Gasteiger partial charge in [0.2, 0.25) is 0 Å². The molecule has 1 unspecified atom stereocenters. The molecule has 0 aliphatic carbocycles. The predicted molar refractivity (Wildman–Crippen MR) is 57.4 cm³/mol. The van der Waals surface area contributed by atoms with Gasteiger partial charge in [0.25, 0.3) is 0 Å². The zero-order chi connectivity index (χ0) is 10.4. The van der Waals surface area contributed by atoms with Gasteiger partial charge in [-0.05, 0) is 18.6 Å². The molecule has 14 heavy (non-hydrogen) atoms. The molecule has 0 radical (unpaired) electrons. The number of rotatable bonds is 5. The van der Waals surface area contributed by atoms with E-state index in [1.165, 1.54) is 0 Å². The third kappa shape index (κ3) is 2.89. The first-order chi connectivity index (χ1) is 6.77. The topological polar surface area (TPSA) is 29.5 Å². The summed E-state index contributed by atoms with van der Waals surface area (Å²) in [5, 5.41) is 8.92. The lowest BCUT2D eigenvalue weighted by Gasteiger charge is -2.12. The molecule has 0 amide bonds. The van der Waals surface area contributed by atoms with Gasteiger partial charge in [0, 0.05) is 5.92 Å². The molecule has 2 heteroatoms. The van der Waals surface area contributed by atoms with E-state index in [1.54, 1.807) is 6.08 Å². The van der Waals surface area contributed by atoms with Gasteiger partial charge in [0.1, 0.15) is 5.75 Å². The third-order valence-electron chi connectivity index (χ3n) is 2.11. The van der Waals surface area contributed by atoms with E-state index in [0.29, 0.717) is 6.61 Å². The molecule has 76 valence electrons. The van der Waals surface area contributed by atoms with Crippen LogP contribution in [0.25, 0.3) is 0 Å². The molecule has 0 spiro atoms. The Bertz CT molecular complexity index is 294. The van der Waals surface area contributed by atoms with E-state index in [2.05, 4.69) is 6.58 Å². The van der Waals surface area contributed by atoms with Crippen molar-refractivity contribution in [3.05, 3.63) is 42.5 Å². The fraction of sp³-hybridized carbons (Fsp3) is 0.333. The summed E-state index contributed by atoms with van der Waals surface area (Å²) in [6.07, 6.45) is 1.71. The van der Waals surface area contributed by atoms with Crippen molar-refractivity contribution in [2.24, 2.45) is 5.92 Å². The molecule has 0 aromatic heterocycles. The Labute approximate surface area is 84.8 Å². The van der Waals surface area contributed by atoms with Crippen molar-refractivity contribution in [1.82, 2.24) is 0 Å². The molecule has 0 bridgehead atoms. The molecule has 2 nitrogen and oxygen atoms in total. The lowest BCUT2D eigenvalue weighted by atomic mass is 10.2. The SMILES string of the molecule is C=CC(CO)COc1ccccc1C. The quantitative estimate of drug-likeness (QED) is 0.724. The number of hydrogen-bond acceptors (Lipinski definition) is 2. The van der Waals surface area contributed by atoms with Gasteiger partial charge >= 0.3 is 0 Å². The fourth-order valence-electron chi connectivity index (χ4n) is 1.11. The highest BCUT2D eigenvalue weighted by Gasteiger charge is 2.04. The lowest BCUT2D eigenvalue weighted by Crippen LogP contribution is -2.13. The summed E-state index contributed by atoms with van der Waals surface area (Å²) in [5.41, 5.74) is 1.10. The van der Waals surface area contributed by atoms with E-state index in [9.17, 15) is 0 Å². The number of aliphatic hydroxyl groups excluding tert-OH is 1. The van der Waals surface area contributed by atoms with Gasteiger partial charge < -0.3 is 9.84 Å². The van der Waals surface area contributed by atoms with Crippen LogP contribution in [-0.2, 0) is 0 Å². The first kappa shape index (κ1) is 10.8. The van der Waals surface area contributed by atoms with Gasteiger partial charge in [-0.15, -0.1) is 6.58 Å². The molecule has 1 N–H and O–H groups in total. The normalized spacial score (nSPS) is 12.1. The number of benzene rings is 1. The first-order valence-electron chi connectivity index (χ1n) is 4.69. The second-order valence-corrected chi connectivity index (χ2v) is 3.25. The van der Waals surface area contributed by atoms with Crippen molar-refractivity contribution in [2.75, 3.05) is 13.2 Å². The summed E-state index contributed by atoms with van der Waals surface area (Å²) >= 11 is 0. The number of hydrogen-bond donors (Lipinski definition) is 1. The Morgan fingerprint density at radius 1 is 1.50 bits per heavy atom. The maximum atomic E-state index is 8.92. The number of ether oxygens (including phenoxy) is 1. The molecular formula is C12H16O2. The van der Waals surface area contributed by atoms with Gasteiger partial charge in [0.05, 0.1) is 13.2 Å². The Morgan fingerprint density at radius 2 is 2.21 bits per heavy atom. The Balaban J connectivity index is 2.53. The molecule has 1 atom stereocenters. The van der Waals surface area contributed by atoms with Crippen molar-refractivity contribution in [2.45, 2.75) is 6.92 Å². The minimum atomic E-state index is 0.00889. The second kappa shape index (κ2) is 5.45. The van der Waals surface area contributed by atoms with Crippen LogP contribution in [0.2, 0.25) is 0 Å². The van der Waals surface area contributed by atoms with Gasteiger partial charge in [-0.2, -0.15) is 0 Å². The summed E-state index contributed by atoms with van der Waals surface area (Å²) in [6.45, 7) is 6.18. The van der Waals surface area contributed by atoms with E-state index in [-0.39, 0.29) is 12.5 Å². The highest BCUT2D eigenvalue weighted by atomic mass is 16.5.